The third-order valence-electron chi connectivity index (χ3n) is 1.58. The summed E-state index contributed by atoms with van der Waals surface area (Å²) in [5.41, 5.74) is 0.367. The normalized spacial score (nSPS) is 10.2. The van der Waals surface area contributed by atoms with Crippen molar-refractivity contribution in [2.75, 3.05) is 0 Å². The minimum Gasteiger partial charge on any atom is -0.367 e. The molecule has 0 amide bonds. The van der Waals surface area contributed by atoms with Gasteiger partial charge in [-0.05, 0) is 12.2 Å². The van der Waals surface area contributed by atoms with Crippen molar-refractivity contribution < 1.29 is 0 Å². The maximum Gasteiger partial charge on any atom is 0.213 e. The molecule has 6 heteroatoms. The molecule has 0 saturated carbocycles. The van der Waals surface area contributed by atoms with Gasteiger partial charge in [0.05, 0.1) is 5.56 Å². The summed E-state index contributed by atoms with van der Waals surface area (Å²) in [6, 6.07) is 1.43. The van der Waals surface area contributed by atoms with E-state index in [-0.39, 0.29) is 5.43 Å². The number of hydrogen-bond acceptors (Lipinski definition) is 3. The van der Waals surface area contributed by atoms with Gasteiger partial charge in [-0.1, -0.05) is 0 Å². The summed E-state index contributed by atoms with van der Waals surface area (Å²) in [4.78, 5) is 18.0. The molecule has 13 heavy (non-hydrogen) atoms. The second-order valence-corrected chi connectivity index (χ2v) is 2.82. The van der Waals surface area contributed by atoms with Crippen LogP contribution in [0.2, 0.25) is 0 Å². The fraction of sp³-hybridized carbons (Fsp3) is 0. The fourth-order valence-electron chi connectivity index (χ4n) is 0.999. The van der Waals surface area contributed by atoms with Crippen molar-refractivity contribution in [3.63, 3.8) is 0 Å². The quantitative estimate of drug-likeness (QED) is 0.588. The van der Waals surface area contributed by atoms with Crippen LogP contribution in [-0.4, -0.2) is 20.2 Å². The van der Waals surface area contributed by atoms with Gasteiger partial charge in [0.2, 0.25) is 4.77 Å². The molecule has 0 aliphatic carbocycles. The highest BCUT2D eigenvalue weighted by Crippen LogP contribution is 2.05. The number of aromatic nitrogens is 4. The van der Waals surface area contributed by atoms with E-state index in [9.17, 15) is 4.79 Å². The maximum atomic E-state index is 11.3. The first-order valence-corrected chi connectivity index (χ1v) is 4.00. The highest BCUT2D eigenvalue weighted by Gasteiger charge is 2.03. The molecule has 2 rings (SSSR count). The zero-order chi connectivity index (χ0) is 9.26. The van der Waals surface area contributed by atoms with Crippen molar-refractivity contribution >= 4 is 12.2 Å². The molecule has 5 nitrogen and oxygen atoms in total. The molecule has 0 saturated heterocycles. The number of aromatic amines is 3. The van der Waals surface area contributed by atoms with Gasteiger partial charge in [0.1, 0.15) is 0 Å². The first-order valence-electron chi connectivity index (χ1n) is 3.59. The van der Waals surface area contributed by atoms with Crippen LogP contribution in [0.5, 0.6) is 0 Å². The SMILES string of the molecule is O=c1cc[nH]cc1-c1nc(=S)[nH][nH]1. The summed E-state index contributed by atoms with van der Waals surface area (Å²) in [6.45, 7) is 0. The van der Waals surface area contributed by atoms with Crippen LogP contribution < -0.4 is 5.43 Å². The molecule has 3 N–H and O–H groups in total. The molecular weight excluding hydrogens is 188 g/mol. The van der Waals surface area contributed by atoms with E-state index in [1.807, 2.05) is 0 Å². The van der Waals surface area contributed by atoms with Crippen molar-refractivity contribution in [1.29, 1.82) is 0 Å². The lowest BCUT2D eigenvalue weighted by Gasteiger charge is -1.91. The number of pyridine rings is 1. The molecule has 2 aromatic rings. The van der Waals surface area contributed by atoms with Crippen LogP contribution in [0.3, 0.4) is 0 Å². The van der Waals surface area contributed by atoms with Crippen LogP contribution in [0.15, 0.2) is 23.3 Å². The Balaban J connectivity index is 2.65. The number of hydrogen-bond donors (Lipinski definition) is 3. The van der Waals surface area contributed by atoms with E-state index >= 15 is 0 Å². The summed E-state index contributed by atoms with van der Waals surface area (Å²) in [6.07, 6.45) is 3.14. The molecule has 0 fully saturated rings. The van der Waals surface area contributed by atoms with Gasteiger partial charge >= 0.3 is 0 Å². The monoisotopic (exact) mass is 194 g/mol. The van der Waals surface area contributed by atoms with E-state index in [0.29, 0.717) is 16.2 Å². The summed E-state index contributed by atoms with van der Waals surface area (Å²) >= 11 is 4.77. The van der Waals surface area contributed by atoms with E-state index < -0.39 is 0 Å². The van der Waals surface area contributed by atoms with Gasteiger partial charge in [0.15, 0.2) is 11.3 Å². The standard InChI is InChI=1S/C7H6N4OS/c12-5-1-2-8-3-4(5)6-9-7(13)11-10-6/h1-3H,(H,8,12)(H2,9,10,11,13). The molecule has 0 aromatic carbocycles. The van der Waals surface area contributed by atoms with Crippen LogP contribution >= 0.6 is 12.2 Å². The molecule has 0 radical (unpaired) electrons. The van der Waals surface area contributed by atoms with Crippen LogP contribution in [0.4, 0.5) is 0 Å². The van der Waals surface area contributed by atoms with E-state index in [2.05, 4.69) is 20.2 Å². The first kappa shape index (κ1) is 7.93. The third kappa shape index (κ3) is 1.43. The Morgan fingerprint density at radius 1 is 1.38 bits per heavy atom. The average Bonchev–Trinajstić information content (AvgIpc) is 2.53. The lowest BCUT2D eigenvalue weighted by atomic mass is 10.3. The smallest absolute Gasteiger partial charge is 0.213 e. The summed E-state index contributed by atoms with van der Waals surface area (Å²) in [7, 11) is 0. The van der Waals surface area contributed by atoms with E-state index in [1.54, 1.807) is 12.4 Å². The number of nitrogens with zero attached hydrogens (tertiary/aromatic N) is 1. The first-order chi connectivity index (χ1) is 6.27. The largest absolute Gasteiger partial charge is 0.367 e. The predicted octanol–water partition coefficient (Wildman–Crippen LogP) is 0.823. The zero-order valence-corrected chi connectivity index (χ0v) is 7.31. The second kappa shape index (κ2) is 2.98. The Hall–Kier alpha value is -1.69. The number of nitrogens with one attached hydrogen (secondary N) is 3. The van der Waals surface area contributed by atoms with E-state index in [0.717, 1.165) is 0 Å². The molecule has 0 aliphatic rings. The van der Waals surface area contributed by atoms with Crippen molar-refractivity contribution in [3.8, 4) is 11.4 Å². The minimum atomic E-state index is -0.100. The molecule has 0 unspecified atom stereocenters. The van der Waals surface area contributed by atoms with Crippen LogP contribution in [0.25, 0.3) is 11.4 Å². The summed E-state index contributed by atoms with van der Waals surface area (Å²) in [5.74, 6) is 0.451. The van der Waals surface area contributed by atoms with Gasteiger partial charge in [-0.15, -0.1) is 0 Å². The van der Waals surface area contributed by atoms with Crippen molar-refractivity contribution in [2.24, 2.45) is 0 Å². The Morgan fingerprint density at radius 3 is 2.85 bits per heavy atom. The molecule has 2 heterocycles. The average molecular weight is 194 g/mol. The number of H-pyrrole nitrogens is 3. The lowest BCUT2D eigenvalue weighted by molar-refractivity contribution is 1.08. The minimum absolute atomic E-state index is 0.100. The van der Waals surface area contributed by atoms with Gasteiger partial charge in [-0.3, -0.25) is 15.0 Å². The van der Waals surface area contributed by atoms with Gasteiger partial charge < -0.3 is 4.98 Å². The van der Waals surface area contributed by atoms with Gasteiger partial charge in [0.25, 0.3) is 0 Å². The summed E-state index contributed by atoms with van der Waals surface area (Å²) < 4.78 is 0.332. The number of rotatable bonds is 1. The fourth-order valence-corrected chi connectivity index (χ4v) is 1.14. The predicted molar refractivity (Wildman–Crippen MR) is 49.8 cm³/mol. The van der Waals surface area contributed by atoms with Crippen molar-refractivity contribution in [2.45, 2.75) is 0 Å². The highest BCUT2D eigenvalue weighted by molar-refractivity contribution is 7.71. The van der Waals surface area contributed by atoms with E-state index in [4.69, 9.17) is 12.2 Å². The Morgan fingerprint density at radius 2 is 2.23 bits per heavy atom. The van der Waals surface area contributed by atoms with Gasteiger partial charge in [-0.25, -0.2) is 0 Å². The Kier molecular flexibility index (Phi) is 1.82. The van der Waals surface area contributed by atoms with Crippen molar-refractivity contribution in [3.05, 3.63) is 33.5 Å². The van der Waals surface area contributed by atoms with E-state index in [1.165, 1.54) is 6.07 Å². The summed E-state index contributed by atoms with van der Waals surface area (Å²) in [5, 5.41) is 5.32. The van der Waals surface area contributed by atoms with Crippen molar-refractivity contribution in [1.82, 2.24) is 20.2 Å². The second-order valence-electron chi connectivity index (χ2n) is 2.44. The molecule has 66 valence electrons. The molecule has 0 atom stereocenters. The molecular formula is C7H6N4OS. The third-order valence-corrected chi connectivity index (χ3v) is 1.77. The van der Waals surface area contributed by atoms with Crippen LogP contribution in [0, 0.1) is 4.77 Å². The Bertz CT molecular complexity index is 523. The molecule has 0 aliphatic heterocycles. The molecule has 0 bridgehead atoms. The zero-order valence-electron chi connectivity index (χ0n) is 6.50. The topological polar surface area (TPSA) is 77.3 Å². The highest BCUT2D eigenvalue weighted by atomic mass is 32.1. The Labute approximate surface area is 77.8 Å². The maximum absolute atomic E-state index is 11.3. The molecule has 0 spiro atoms. The van der Waals surface area contributed by atoms with Crippen LogP contribution in [0.1, 0.15) is 0 Å². The molecule has 2 aromatic heterocycles. The lowest BCUT2D eigenvalue weighted by Crippen LogP contribution is -2.03. The van der Waals surface area contributed by atoms with Gasteiger partial charge in [0, 0.05) is 18.5 Å². The van der Waals surface area contributed by atoms with Gasteiger partial charge in [-0.2, -0.15) is 4.98 Å². The van der Waals surface area contributed by atoms with Crippen LogP contribution in [-0.2, 0) is 0 Å².